The minimum atomic E-state index is -4.17. The number of rotatable bonds is 5. The summed E-state index contributed by atoms with van der Waals surface area (Å²) in [7, 11) is -4.17. The zero-order valence-corrected chi connectivity index (χ0v) is 19.6. The van der Waals surface area contributed by atoms with Crippen LogP contribution in [0.4, 0.5) is 0 Å². The van der Waals surface area contributed by atoms with Crippen molar-refractivity contribution in [2.75, 3.05) is 13.2 Å². The van der Waals surface area contributed by atoms with Crippen molar-refractivity contribution < 1.29 is 32.6 Å². The first-order chi connectivity index (χ1) is 14.9. The number of phenols is 1. The molecule has 0 radical (unpaired) electrons. The summed E-state index contributed by atoms with van der Waals surface area (Å²) in [5, 5.41) is 10.4. The van der Waals surface area contributed by atoms with E-state index in [0.29, 0.717) is 22.4 Å². The van der Waals surface area contributed by atoms with Crippen molar-refractivity contribution in [2.45, 2.75) is 45.9 Å². The number of sulfonamides is 1. The summed E-state index contributed by atoms with van der Waals surface area (Å²) < 4.78 is 38.4. The molecule has 0 aromatic heterocycles. The van der Waals surface area contributed by atoms with E-state index in [9.17, 15) is 23.1 Å². The van der Waals surface area contributed by atoms with Gasteiger partial charge in [0.05, 0.1) is 22.5 Å². The lowest BCUT2D eigenvalue weighted by atomic mass is 9.79. The van der Waals surface area contributed by atoms with Crippen LogP contribution in [0.2, 0.25) is 0 Å². The zero-order valence-electron chi connectivity index (χ0n) is 18.7. The number of amides is 1. The molecule has 1 heterocycles. The fourth-order valence-electron chi connectivity index (χ4n) is 3.68. The Hall–Kier alpha value is -3.07. The fourth-order valence-corrected chi connectivity index (χ4v) is 4.79. The van der Waals surface area contributed by atoms with Crippen molar-refractivity contribution in [1.29, 1.82) is 0 Å². The number of nitrogens with one attached hydrogen (secondary N) is 1. The van der Waals surface area contributed by atoms with Gasteiger partial charge in [-0.3, -0.25) is 4.79 Å². The number of benzene rings is 2. The van der Waals surface area contributed by atoms with Crippen LogP contribution in [0.1, 0.15) is 46.5 Å². The lowest BCUT2D eigenvalue weighted by Crippen LogP contribution is -2.48. The van der Waals surface area contributed by atoms with E-state index in [1.807, 2.05) is 6.92 Å². The third-order valence-corrected chi connectivity index (χ3v) is 7.24. The molecule has 1 aliphatic rings. The summed E-state index contributed by atoms with van der Waals surface area (Å²) >= 11 is 0. The lowest BCUT2D eigenvalue weighted by molar-refractivity contribution is -0.130. The number of aromatic hydroxyl groups is 1. The normalized spacial score (nSPS) is 17.8. The summed E-state index contributed by atoms with van der Waals surface area (Å²) in [6, 6.07) is 5.14. The first-order valence-electron chi connectivity index (χ1n) is 10.2. The van der Waals surface area contributed by atoms with E-state index < -0.39 is 27.3 Å². The van der Waals surface area contributed by atoms with E-state index in [0.717, 1.165) is 5.56 Å². The molecule has 1 atom stereocenters. The Morgan fingerprint density at radius 3 is 2.34 bits per heavy atom. The Kier molecular flexibility index (Phi) is 6.24. The van der Waals surface area contributed by atoms with Crippen molar-refractivity contribution in [3.63, 3.8) is 0 Å². The molecule has 172 valence electrons. The summed E-state index contributed by atoms with van der Waals surface area (Å²) in [6.45, 7) is 8.86. The van der Waals surface area contributed by atoms with Gasteiger partial charge in [-0.15, -0.1) is 0 Å². The van der Waals surface area contributed by atoms with Gasteiger partial charge < -0.3 is 14.6 Å². The van der Waals surface area contributed by atoms with Gasteiger partial charge in [0.25, 0.3) is 10.0 Å². The fraction of sp³-hybridized carbons (Fsp3) is 0.391. The highest BCUT2D eigenvalue weighted by Crippen LogP contribution is 2.43. The Bertz CT molecular complexity index is 1190. The number of carbonyl (C=O) groups excluding carboxylic acids is 2. The second-order valence-corrected chi connectivity index (χ2v) is 9.92. The summed E-state index contributed by atoms with van der Waals surface area (Å²) in [5.41, 5.74) is 1.85. The number of fused-ring (bicyclic) bond motifs is 1. The van der Waals surface area contributed by atoms with E-state index in [4.69, 9.17) is 9.47 Å². The molecule has 8 nitrogen and oxygen atoms in total. The standard InChI is InChI=1S/C23H27NO7S/c1-6-30-21(26)16-7-9-17(10-8-16)32(28,29)24-22(27)23(5)11-18-15(4)19(25)13(2)14(3)20(18)31-12-23/h7-10,25H,6,11-12H2,1-5H3,(H,24,27). The summed E-state index contributed by atoms with van der Waals surface area (Å²) in [5.74, 6) is -0.505. The third kappa shape index (κ3) is 4.17. The van der Waals surface area contributed by atoms with Gasteiger partial charge in [-0.05, 0) is 82.0 Å². The third-order valence-electron chi connectivity index (χ3n) is 5.89. The highest BCUT2D eigenvalue weighted by molar-refractivity contribution is 7.90. The molecule has 0 fully saturated rings. The number of esters is 1. The van der Waals surface area contributed by atoms with Crippen molar-refractivity contribution >= 4 is 21.9 Å². The van der Waals surface area contributed by atoms with E-state index >= 15 is 0 Å². The van der Waals surface area contributed by atoms with Crippen LogP contribution in [0, 0.1) is 26.2 Å². The second-order valence-electron chi connectivity index (χ2n) is 8.24. The van der Waals surface area contributed by atoms with Crippen LogP contribution in [0.25, 0.3) is 0 Å². The molecule has 1 unspecified atom stereocenters. The molecular formula is C23H27NO7S. The van der Waals surface area contributed by atoms with Crippen LogP contribution in [0.15, 0.2) is 29.2 Å². The monoisotopic (exact) mass is 461 g/mol. The van der Waals surface area contributed by atoms with Gasteiger partial charge in [-0.1, -0.05) is 0 Å². The molecule has 2 aromatic rings. The van der Waals surface area contributed by atoms with Crippen LogP contribution in [0.5, 0.6) is 11.5 Å². The molecule has 1 aliphatic heterocycles. The predicted molar refractivity (Wildman–Crippen MR) is 117 cm³/mol. The Balaban J connectivity index is 1.83. The second kappa shape index (κ2) is 8.46. The molecular weight excluding hydrogens is 434 g/mol. The first kappa shape index (κ1) is 23.6. The average Bonchev–Trinajstić information content (AvgIpc) is 2.76. The molecule has 2 N–H and O–H groups in total. The van der Waals surface area contributed by atoms with Gasteiger partial charge in [0.1, 0.15) is 18.1 Å². The number of carbonyl (C=O) groups is 2. The summed E-state index contributed by atoms with van der Waals surface area (Å²) in [6.07, 6.45) is 0.214. The van der Waals surface area contributed by atoms with Crippen LogP contribution < -0.4 is 9.46 Å². The topological polar surface area (TPSA) is 119 Å². The molecule has 0 bridgehead atoms. The van der Waals surface area contributed by atoms with Crippen LogP contribution >= 0.6 is 0 Å². The Labute approximate surface area is 187 Å². The minimum Gasteiger partial charge on any atom is -0.507 e. The largest absolute Gasteiger partial charge is 0.507 e. The van der Waals surface area contributed by atoms with E-state index in [2.05, 4.69) is 4.72 Å². The average molecular weight is 462 g/mol. The molecule has 0 aliphatic carbocycles. The Morgan fingerprint density at radius 2 is 1.75 bits per heavy atom. The highest BCUT2D eigenvalue weighted by atomic mass is 32.2. The van der Waals surface area contributed by atoms with Crippen molar-refractivity contribution in [3.8, 4) is 11.5 Å². The van der Waals surface area contributed by atoms with E-state index in [1.54, 1.807) is 27.7 Å². The van der Waals surface area contributed by atoms with E-state index in [-0.39, 0.29) is 35.8 Å². The van der Waals surface area contributed by atoms with Gasteiger partial charge >= 0.3 is 5.97 Å². The van der Waals surface area contributed by atoms with Crippen molar-refractivity contribution in [3.05, 3.63) is 52.1 Å². The van der Waals surface area contributed by atoms with Gasteiger partial charge in [-0.2, -0.15) is 0 Å². The van der Waals surface area contributed by atoms with Gasteiger partial charge in [-0.25, -0.2) is 17.9 Å². The maximum atomic E-state index is 13.0. The maximum Gasteiger partial charge on any atom is 0.338 e. The number of hydrogen-bond donors (Lipinski definition) is 2. The SMILES string of the molecule is CCOC(=O)c1ccc(S(=O)(=O)NC(=O)C2(C)COc3c(C)c(C)c(O)c(C)c3C2)cc1. The van der Waals surface area contributed by atoms with Crippen LogP contribution in [-0.4, -0.2) is 38.6 Å². The minimum absolute atomic E-state index is 0.00630. The Morgan fingerprint density at radius 1 is 1.12 bits per heavy atom. The molecule has 1 amide bonds. The van der Waals surface area contributed by atoms with Gasteiger partial charge in [0.15, 0.2) is 0 Å². The lowest BCUT2D eigenvalue weighted by Gasteiger charge is -2.35. The first-order valence-corrected chi connectivity index (χ1v) is 11.7. The molecule has 0 spiro atoms. The molecule has 0 saturated carbocycles. The molecule has 0 saturated heterocycles. The van der Waals surface area contributed by atoms with Gasteiger partial charge in [0.2, 0.25) is 5.91 Å². The molecule has 3 rings (SSSR count). The maximum absolute atomic E-state index is 13.0. The molecule has 32 heavy (non-hydrogen) atoms. The van der Waals surface area contributed by atoms with E-state index in [1.165, 1.54) is 24.3 Å². The smallest absolute Gasteiger partial charge is 0.338 e. The quantitative estimate of drug-likeness (QED) is 0.657. The van der Waals surface area contributed by atoms with Crippen LogP contribution in [-0.2, 0) is 26.0 Å². The molecule has 2 aromatic carbocycles. The van der Waals surface area contributed by atoms with Crippen molar-refractivity contribution in [1.82, 2.24) is 4.72 Å². The highest BCUT2D eigenvalue weighted by Gasteiger charge is 2.42. The predicted octanol–water partition coefficient (Wildman–Crippen LogP) is 2.94. The molecule has 9 heteroatoms. The number of phenolic OH excluding ortho intramolecular Hbond substituents is 1. The number of hydrogen-bond acceptors (Lipinski definition) is 7. The van der Waals surface area contributed by atoms with Crippen molar-refractivity contribution in [2.24, 2.45) is 5.41 Å². The zero-order chi connectivity index (χ0) is 23.8. The number of ether oxygens (including phenoxy) is 2. The van der Waals surface area contributed by atoms with Gasteiger partial charge in [0, 0.05) is 5.56 Å². The van der Waals surface area contributed by atoms with Crippen LogP contribution in [0.3, 0.4) is 0 Å². The summed E-state index contributed by atoms with van der Waals surface area (Å²) in [4.78, 5) is 24.6.